The number of amides is 1. The van der Waals surface area contributed by atoms with Crippen LogP contribution in [0, 0.1) is 5.92 Å². The molecule has 0 radical (unpaired) electrons. The summed E-state index contributed by atoms with van der Waals surface area (Å²) in [6.07, 6.45) is 5.90. The van der Waals surface area contributed by atoms with Gasteiger partial charge in [0.05, 0.1) is 5.56 Å². The standard InChI is InChI=1S/C24H26F3N5O/c25-24(26,27)21-20(16-32(31-21)23-28-12-7-13-29-23)22(33)30-15-19(18-10-5-2-6-11-18)14-17-8-3-1-4-9-17/h2,5-7,10-13,16-17,19H,1,3-4,8-9,14-15H2,(H,30,33). The van der Waals surface area contributed by atoms with Gasteiger partial charge in [-0.2, -0.15) is 18.3 Å². The first-order valence-corrected chi connectivity index (χ1v) is 11.2. The monoisotopic (exact) mass is 457 g/mol. The van der Waals surface area contributed by atoms with Gasteiger partial charge < -0.3 is 5.32 Å². The lowest BCUT2D eigenvalue weighted by atomic mass is 9.80. The molecule has 0 aliphatic heterocycles. The molecule has 6 nitrogen and oxygen atoms in total. The zero-order valence-corrected chi connectivity index (χ0v) is 18.1. The second-order valence-electron chi connectivity index (χ2n) is 8.44. The van der Waals surface area contributed by atoms with E-state index in [1.54, 1.807) is 6.07 Å². The zero-order valence-electron chi connectivity index (χ0n) is 18.1. The van der Waals surface area contributed by atoms with Crippen molar-refractivity contribution in [1.82, 2.24) is 25.1 Å². The van der Waals surface area contributed by atoms with E-state index in [2.05, 4.69) is 20.4 Å². The van der Waals surface area contributed by atoms with Crippen LogP contribution in [0.4, 0.5) is 13.2 Å². The summed E-state index contributed by atoms with van der Waals surface area (Å²) in [7, 11) is 0. The normalized spacial score (nSPS) is 15.8. The molecule has 0 spiro atoms. The smallest absolute Gasteiger partial charge is 0.351 e. The summed E-state index contributed by atoms with van der Waals surface area (Å²) in [4.78, 5) is 20.7. The highest BCUT2D eigenvalue weighted by Gasteiger charge is 2.39. The number of alkyl halides is 3. The van der Waals surface area contributed by atoms with Crippen LogP contribution in [-0.2, 0) is 6.18 Å². The third-order valence-corrected chi connectivity index (χ3v) is 6.11. The quantitative estimate of drug-likeness (QED) is 0.532. The molecular weight excluding hydrogens is 431 g/mol. The molecule has 2 heterocycles. The number of hydrogen-bond donors (Lipinski definition) is 1. The maximum atomic E-state index is 13.6. The summed E-state index contributed by atoms with van der Waals surface area (Å²) in [6, 6.07) is 11.4. The van der Waals surface area contributed by atoms with E-state index in [1.165, 1.54) is 31.7 Å². The second kappa shape index (κ2) is 10.1. The van der Waals surface area contributed by atoms with Crippen molar-refractivity contribution in [1.29, 1.82) is 0 Å². The molecule has 1 amide bonds. The maximum Gasteiger partial charge on any atom is 0.435 e. The van der Waals surface area contributed by atoms with Crippen LogP contribution in [0.2, 0.25) is 0 Å². The molecule has 2 aromatic heterocycles. The molecule has 1 aromatic carbocycles. The van der Waals surface area contributed by atoms with Crippen molar-refractivity contribution in [3.8, 4) is 5.95 Å². The van der Waals surface area contributed by atoms with Crippen LogP contribution in [0.5, 0.6) is 0 Å². The summed E-state index contributed by atoms with van der Waals surface area (Å²) in [6.45, 7) is 0.254. The van der Waals surface area contributed by atoms with E-state index in [1.807, 2.05) is 30.3 Å². The first-order valence-electron chi connectivity index (χ1n) is 11.2. The Hall–Kier alpha value is -3.23. The molecule has 1 aliphatic carbocycles. The molecule has 3 aromatic rings. The van der Waals surface area contributed by atoms with Gasteiger partial charge in [-0.15, -0.1) is 0 Å². The first kappa shape index (κ1) is 22.9. The molecule has 1 aliphatic rings. The van der Waals surface area contributed by atoms with Gasteiger partial charge in [-0.1, -0.05) is 62.4 Å². The van der Waals surface area contributed by atoms with Gasteiger partial charge in [-0.25, -0.2) is 14.6 Å². The number of carbonyl (C=O) groups excluding carboxylic acids is 1. The fraction of sp³-hybridized carbons (Fsp3) is 0.417. The molecule has 1 saturated carbocycles. The van der Waals surface area contributed by atoms with Crippen LogP contribution in [0.25, 0.3) is 5.95 Å². The summed E-state index contributed by atoms with van der Waals surface area (Å²) in [5.74, 6) is -0.264. The Bertz CT molecular complexity index is 1050. The highest BCUT2D eigenvalue weighted by molar-refractivity contribution is 5.95. The van der Waals surface area contributed by atoms with E-state index in [0.29, 0.717) is 5.92 Å². The fourth-order valence-corrected chi connectivity index (χ4v) is 4.46. The van der Waals surface area contributed by atoms with Crippen molar-refractivity contribution >= 4 is 5.91 Å². The van der Waals surface area contributed by atoms with Gasteiger partial charge in [0.15, 0.2) is 5.69 Å². The molecule has 174 valence electrons. The molecule has 4 rings (SSSR count). The average Bonchev–Trinajstić information content (AvgIpc) is 3.30. The Kier molecular flexibility index (Phi) is 7.05. The number of halogens is 3. The van der Waals surface area contributed by atoms with Crippen LogP contribution < -0.4 is 5.32 Å². The van der Waals surface area contributed by atoms with Gasteiger partial charge in [-0.05, 0) is 24.0 Å². The van der Waals surface area contributed by atoms with Gasteiger partial charge in [-0.3, -0.25) is 4.79 Å². The van der Waals surface area contributed by atoms with Crippen molar-refractivity contribution in [2.75, 3.05) is 6.54 Å². The van der Waals surface area contributed by atoms with Crippen molar-refractivity contribution in [2.45, 2.75) is 50.6 Å². The van der Waals surface area contributed by atoms with Crippen LogP contribution in [0.1, 0.15) is 66.1 Å². The maximum absolute atomic E-state index is 13.6. The summed E-state index contributed by atoms with van der Waals surface area (Å²) in [5.41, 5.74) is -0.719. The highest BCUT2D eigenvalue weighted by Crippen LogP contribution is 2.34. The minimum atomic E-state index is -4.78. The Morgan fingerprint density at radius 2 is 1.76 bits per heavy atom. The van der Waals surface area contributed by atoms with E-state index in [9.17, 15) is 18.0 Å². The minimum absolute atomic E-state index is 0.0279. The highest BCUT2D eigenvalue weighted by atomic mass is 19.4. The topological polar surface area (TPSA) is 72.7 Å². The minimum Gasteiger partial charge on any atom is -0.351 e. The number of nitrogens with one attached hydrogen (secondary N) is 1. The van der Waals surface area contributed by atoms with Gasteiger partial charge >= 0.3 is 6.18 Å². The van der Waals surface area contributed by atoms with Crippen molar-refractivity contribution in [3.05, 3.63) is 71.8 Å². The first-order chi connectivity index (χ1) is 15.9. The predicted octanol–water partition coefficient (Wildman–Crippen LogP) is 5.17. The van der Waals surface area contributed by atoms with Crippen molar-refractivity contribution < 1.29 is 18.0 Å². The predicted molar refractivity (Wildman–Crippen MR) is 117 cm³/mol. The largest absolute Gasteiger partial charge is 0.435 e. The summed E-state index contributed by atoms with van der Waals surface area (Å²) < 4.78 is 41.7. The number of benzene rings is 1. The molecule has 1 fully saturated rings. The van der Waals surface area contributed by atoms with Gasteiger partial charge in [0, 0.05) is 31.1 Å². The average molecular weight is 458 g/mol. The van der Waals surface area contributed by atoms with E-state index < -0.39 is 23.3 Å². The Labute approximate surface area is 190 Å². The molecule has 9 heteroatoms. The van der Waals surface area contributed by atoms with Crippen LogP contribution in [-0.4, -0.2) is 32.2 Å². The van der Waals surface area contributed by atoms with Gasteiger partial charge in [0.25, 0.3) is 5.91 Å². The lowest BCUT2D eigenvalue weighted by molar-refractivity contribution is -0.141. The zero-order chi connectivity index (χ0) is 23.3. The van der Waals surface area contributed by atoms with Crippen molar-refractivity contribution in [3.63, 3.8) is 0 Å². The van der Waals surface area contributed by atoms with Gasteiger partial charge in [0.1, 0.15) is 0 Å². The number of carbonyl (C=O) groups is 1. The molecule has 1 atom stereocenters. The van der Waals surface area contributed by atoms with E-state index >= 15 is 0 Å². The molecule has 1 unspecified atom stereocenters. The van der Waals surface area contributed by atoms with E-state index in [-0.39, 0.29) is 18.4 Å². The van der Waals surface area contributed by atoms with Crippen LogP contribution in [0.3, 0.4) is 0 Å². The van der Waals surface area contributed by atoms with Crippen LogP contribution in [0.15, 0.2) is 55.0 Å². The third-order valence-electron chi connectivity index (χ3n) is 6.11. The van der Waals surface area contributed by atoms with Crippen LogP contribution >= 0.6 is 0 Å². The van der Waals surface area contributed by atoms with Gasteiger partial charge in [0.2, 0.25) is 5.95 Å². The number of hydrogen-bond acceptors (Lipinski definition) is 4. The molecular formula is C24H26F3N5O. The lowest BCUT2D eigenvalue weighted by Crippen LogP contribution is -2.30. The Morgan fingerprint density at radius 1 is 1.06 bits per heavy atom. The Morgan fingerprint density at radius 3 is 2.42 bits per heavy atom. The summed E-state index contributed by atoms with van der Waals surface area (Å²) >= 11 is 0. The van der Waals surface area contributed by atoms with E-state index in [0.717, 1.165) is 35.7 Å². The molecule has 1 N–H and O–H groups in total. The second-order valence-corrected chi connectivity index (χ2v) is 8.44. The fourth-order valence-electron chi connectivity index (χ4n) is 4.46. The number of rotatable bonds is 7. The molecule has 33 heavy (non-hydrogen) atoms. The number of aromatic nitrogens is 4. The lowest BCUT2D eigenvalue weighted by Gasteiger charge is -2.27. The third kappa shape index (κ3) is 5.77. The number of nitrogens with zero attached hydrogens (tertiary/aromatic N) is 4. The molecule has 0 saturated heterocycles. The van der Waals surface area contributed by atoms with Crippen molar-refractivity contribution in [2.24, 2.45) is 5.92 Å². The van der Waals surface area contributed by atoms with E-state index in [4.69, 9.17) is 0 Å². The SMILES string of the molecule is O=C(NCC(CC1CCCCC1)c1ccccc1)c1cn(-c2ncccn2)nc1C(F)(F)F. The summed E-state index contributed by atoms with van der Waals surface area (Å²) in [5, 5.41) is 6.29. The molecule has 0 bridgehead atoms. The Balaban J connectivity index is 1.53.